The van der Waals surface area contributed by atoms with Gasteiger partial charge in [-0.05, 0) is 42.2 Å². The van der Waals surface area contributed by atoms with Crippen LogP contribution < -0.4 is 10.1 Å². The third-order valence-electron chi connectivity index (χ3n) is 5.63. The number of carbonyl (C=O) groups excluding carboxylic acids is 1. The van der Waals surface area contributed by atoms with Crippen molar-refractivity contribution in [3.8, 4) is 5.75 Å². The molecule has 29 heavy (non-hydrogen) atoms. The zero-order valence-corrected chi connectivity index (χ0v) is 17.6. The number of benzene rings is 2. The summed E-state index contributed by atoms with van der Waals surface area (Å²) in [5.41, 5.74) is 2.19. The minimum Gasteiger partial charge on any atom is -0.492 e. The van der Waals surface area contributed by atoms with Gasteiger partial charge in [-0.1, -0.05) is 44.2 Å². The van der Waals surface area contributed by atoms with E-state index in [9.17, 15) is 4.79 Å². The molecule has 5 heteroatoms. The number of rotatable bonds is 9. The molecule has 0 unspecified atom stereocenters. The van der Waals surface area contributed by atoms with Crippen molar-refractivity contribution in [2.45, 2.75) is 26.2 Å². The summed E-state index contributed by atoms with van der Waals surface area (Å²) in [5, 5.41) is 3.02. The molecule has 1 N–H and O–H groups in total. The van der Waals surface area contributed by atoms with Crippen LogP contribution in [0.1, 0.15) is 31.7 Å². The van der Waals surface area contributed by atoms with Crippen LogP contribution in [0.4, 0.5) is 5.69 Å². The molecule has 1 heterocycles. The Kier molecular flexibility index (Phi) is 8.08. The van der Waals surface area contributed by atoms with E-state index in [1.807, 2.05) is 42.5 Å². The molecule has 3 rings (SSSR count). The SMILES string of the molecule is CC[C@@H](C)c1ccc(NC(=O)CN2CCN(CCOc3ccccc3)CC2)cc1. The Balaban J connectivity index is 1.34. The second-order valence-electron chi connectivity index (χ2n) is 7.76. The quantitative estimate of drug-likeness (QED) is 0.701. The molecule has 0 aliphatic carbocycles. The smallest absolute Gasteiger partial charge is 0.238 e. The topological polar surface area (TPSA) is 44.8 Å². The van der Waals surface area contributed by atoms with Crippen LogP contribution in [0, 0.1) is 0 Å². The molecule has 2 aromatic carbocycles. The highest BCUT2D eigenvalue weighted by atomic mass is 16.5. The molecule has 1 amide bonds. The van der Waals surface area contributed by atoms with Crippen LogP contribution in [-0.4, -0.2) is 61.6 Å². The number of piperazine rings is 1. The standard InChI is InChI=1S/C24H33N3O2/c1-3-20(2)21-9-11-22(12-10-21)25-24(28)19-27-15-13-26(14-16-27)17-18-29-23-7-5-4-6-8-23/h4-12,20H,3,13-19H2,1-2H3,(H,25,28)/t20-/m1/s1. The van der Waals surface area contributed by atoms with Crippen LogP contribution >= 0.6 is 0 Å². The molecule has 1 fully saturated rings. The van der Waals surface area contributed by atoms with Gasteiger partial charge >= 0.3 is 0 Å². The average Bonchev–Trinajstić information content (AvgIpc) is 2.75. The normalized spacial score (nSPS) is 16.3. The number of ether oxygens (including phenoxy) is 1. The number of hydrogen-bond acceptors (Lipinski definition) is 4. The predicted octanol–water partition coefficient (Wildman–Crippen LogP) is 3.84. The first-order chi connectivity index (χ1) is 14.1. The minimum absolute atomic E-state index is 0.0575. The van der Waals surface area contributed by atoms with E-state index >= 15 is 0 Å². The third-order valence-corrected chi connectivity index (χ3v) is 5.63. The Morgan fingerprint density at radius 1 is 1.00 bits per heavy atom. The minimum atomic E-state index is 0.0575. The van der Waals surface area contributed by atoms with Crippen molar-refractivity contribution in [1.82, 2.24) is 9.80 Å². The fourth-order valence-electron chi connectivity index (χ4n) is 3.51. The zero-order chi connectivity index (χ0) is 20.5. The summed E-state index contributed by atoms with van der Waals surface area (Å²) in [4.78, 5) is 17.0. The lowest BCUT2D eigenvalue weighted by Gasteiger charge is -2.34. The number of anilines is 1. The molecule has 1 aliphatic rings. The molecule has 0 spiro atoms. The van der Waals surface area contributed by atoms with Crippen molar-refractivity contribution in [3.63, 3.8) is 0 Å². The summed E-state index contributed by atoms with van der Waals surface area (Å²) in [6.07, 6.45) is 1.12. The van der Waals surface area contributed by atoms with Crippen LogP contribution in [0.5, 0.6) is 5.75 Å². The fraction of sp³-hybridized carbons (Fsp3) is 0.458. The van der Waals surface area contributed by atoms with Gasteiger partial charge in [-0.2, -0.15) is 0 Å². The average molecular weight is 396 g/mol. The second kappa shape index (κ2) is 11.0. The lowest BCUT2D eigenvalue weighted by atomic mass is 9.99. The van der Waals surface area contributed by atoms with Crippen molar-refractivity contribution in [2.24, 2.45) is 0 Å². The van der Waals surface area contributed by atoms with Crippen LogP contribution in [-0.2, 0) is 4.79 Å². The molecule has 0 aromatic heterocycles. The van der Waals surface area contributed by atoms with Gasteiger partial charge in [0, 0.05) is 38.4 Å². The monoisotopic (exact) mass is 395 g/mol. The number of carbonyl (C=O) groups is 1. The molecule has 0 radical (unpaired) electrons. The number of hydrogen-bond donors (Lipinski definition) is 1. The van der Waals surface area contributed by atoms with Gasteiger partial charge in [0.1, 0.15) is 12.4 Å². The fourth-order valence-corrected chi connectivity index (χ4v) is 3.51. The van der Waals surface area contributed by atoms with E-state index in [0.29, 0.717) is 19.1 Å². The van der Waals surface area contributed by atoms with Gasteiger partial charge in [0.25, 0.3) is 0 Å². The molecule has 5 nitrogen and oxygen atoms in total. The van der Waals surface area contributed by atoms with E-state index in [1.54, 1.807) is 0 Å². The predicted molar refractivity (Wildman–Crippen MR) is 119 cm³/mol. The highest BCUT2D eigenvalue weighted by molar-refractivity contribution is 5.92. The van der Waals surface area contributed by atoms with Gasteiger partial charge in [-0.15, -0.1) is 0 Å². The van der Waals surface area contributed by atoms with Gasteiger partial charge in [0.2, 0.25) is 5.91 Å². The van der Waals surface area contributed by atoms with E-state index in [2.05, 4.69) is 41.1 Å². The molecule has 1 saturated heterocycles. The van der Waals surface area contributed by atoms with Crippen LogP contribution in [0.3, 0.4) is 0 Å². The maximum atomic E-state index is 12.4. The Bertz CT molecular complexity index is 740. The van der Waals surface area contributed by atoms with Crippen molar-refractivity contribution < 1.29 is 9.53 Å². The summed E-state index contributed by atoms with van der Waals surface area (Å²) in [6.45, 7) is 10.2. The Morgan fingerprint density at radius 3 is 2.31 bits per heavy atom. The Labute approximate surface area is 174 Å². The maximum absolute atomic E-state index is 12.4. The van der Waals surface area contributed by atoms with E-state index in [-0.39, 0.29) is 5.91 Å². The molecule has 156 valence electrons. The molecule has 0 bridgehead atoms. The maximum Gasteiger partial charge on any atom is 0.238 e. The first-order valence-corrected chi connectivity index (χ1v) is 10.7. The zero-order valence-electron chi connectivity index (χ0n) is 17.6. The van der Waals surface area contributed by atoms with Gasteiger partial charge in [0.15, 0.2) is 0 Å². The molecular weight excluding hydrogens is 362 g/mol. The molecule has 1 aliphatic heterocycles. The molecule has 2 aromatic rings. The number of nitrogens with zero attached hydrogens (tertiary/aromatic N) is 2. The van der Waals surface area contributed by atoms with Gasteiger partial charge in [-0.25, -0.2) is 0 Å². The lowest BCUT2D eigenvalue weighted by Crippen LogP contribution is -2.49. The lowest BCUT2D eigenvalue weighted by molar-refractivity contribution is -0.117. The van der Waals surface area contributed by atoms with E-state index in [0.717, 1.165) is 50.6 Å². The van der Waals surface area contributed by atoms with E-state index in [4.69, 9.17) is 4.74 Å². The first-order valence-electron chi connectivity index (χ1n) is 10.7. The Morgan fingerprint density at radius 2 is 1.66 bits per heavy atom. The van der Waals surface area contributed by atoms with Gasteiger partial charge in [0.05, 0.1) is 6.54 Å². The summed E-state index contributed by atoms with van der Waals surface area (Å²) in [6, 6.07) is 18.2. The summed E-state index contributed by atoms with van der Waals surface area (Å²) in [7, 11) is 0. The van der Waals surface area contributed by atoms with Gasteiger partial charge < -0.3 is 10.1 Å². The van der Waals surface area contributed by atoms with Crippen molar-refractivity contribution in [1.29, 1.82) is 0 Å². The Hall–Kier alpha value is -2.37. The van der Waals surface area contributed by atoms with E-state index < -0.39 is 0 Å². The van der Waals surface area contributed by atoms with Gasteiger partial charge in [-0.3, -0.25) is 14.6 Å². The van der Waals surface area contributed by atoms with Crippen molar-refractivity contribution in [3.05, 3.63) is 60.2 Å². The summed E-state index contributed by atoms with van der Waals surface area (Å²) >= 11 is 0. The molecular formula is C24H33N3O2. The number of para-hydroxylation sites is 1. The van der Waals surface area contributed by atoms with Crippen LogP contribution in [0.15, 0.2) is 54.6 Å². The summed E-state index contributed by atoms with van der Waals surface area (Å²) in [5.74, 6) is 1.52. The second-order valence-corrected chi connectivity index (χ2v) is 7.76. The highest BCUT2D eigenvalue weighted by Gasteiger charge is 2.19. The number of amides is 1. The van der Waals surface area contributed by atoms with Crippen molar-refractivity contribution in [2.75, 3.05) is 51.2 Å². The molecule has 1 atom stereocenters. The molecule has 0 saturated carbocycles. The third kappa shape index (κ3) is 6.87. The van der Waals surface area contributed by atoms with Crippen LogP contribution in [0.2, 0.25) is 0 Å². The van der Waals surface area contributed by atoms with Crippen molar-refractivity contribution >= 4 is 11.6 Å². The summed E-state index contributed by atoms with van der Waals surface area (Å²) < 4.78 is 5.78. The van der Waals surface area contributed by atoms with Crippen LogP contribution in [0.25, 0.3) is 0 Å². The number of nitrogens with one attached hydrogen (secondary N) is 1. The highest BCUT2D eigenvalue weighted by Crippen LogP contribution is 2.20. The first kappa shape index (κ1) is 21.3. The van der Waals surface area contributed by atoms with E-state index in [1.165, 1.54) is 5.56 Å². The largest absolute Gasteiger partial charge is 0.492 e.